The smallest absolute Gasteiger partial charge is 0.231 e. The summed E-state index contributed by atoms with van der Waals surface area (Å²) in [6.07, 6.45) is 0. The maximum atomic E-state index is 9.32. The van der Waals surface area contributed by atoms with E-state index in [2.05, 4.69) is 0 Å². The van der Waals surface area contributed by atoms with Crippen LogP contribution < -0.4 is 15.2 Å². The maximum Gasteiger partial charge on any atom is 0.231 e. The number of para-hydroxylation sites is 1. The first-order valence-electron chi connectivity index (χ1n) is 5.31. The maximum absolute atomic E-state index is 9.32. The number of hydrogen-bond donors (Lipinski definition) is 2. The Morgan fingerprint density at radius 3 is 2.76 bits per heavy atom. The molecule has 1 aromatic rings. The van der Waals surface area contributed by atoms with E-state index in [4.69, 9.17) is 15.2 Å². The molecule has 96 valence electrons. The first-order valence-corrected chi connectivity index (χ1v) is 5.31. The van der Waals surface area contributed by atoms with Gasteiger partial charge < -0.3 is 20.3 Å². The van der Waals surface area contributed by atoms with Gasteiger partial charge in [-0.2, -0.15) is 0 Å². The van der Waals surface area contributed by atoms with Gasteiger partial charge in [0, 0.05) is 23.6 Å². The van der Waals surface area contributed by atoms with Crippen LogP contribution in [0, 0.1) is 5.41 Å². The van der Waals surface area contributed by atoms with Crippen molar-refractivity contribution in [2.45, 2.75) is 19.9 Å². The largest absolute Gasteiger partial charge is 0.454 e. The molecule has 1 aliphatic rings. The predicted octanol–water partition coefficient (Wildman–Crippen LogP) is 1.86. The monoisotopic (exact) mass is 259 g/mol. The molecule has 0 fully saturated rings. The summed E-state index contributed by atoms with van der Waals surface area (Å²) < 4.78 is 10.7. The molecule has 0 radical (unpaired) electrons. The van der Waals surface area contributed by atoms with Gasteiger partial charge in [-0.3, -0.25) is 0 Å². The average Bonchev–Trinajstić information content (AvgIpc) is 2.75. The zero-order chi connectivity index (χ0) is 11.8. The molecule has 0 aromatic heterocycles. The van der Waals surface area contributed by atoms with E-state index in [9.17, 15) is 5.11 Å². The minimum absolute atomic E-state index is 0. The number of ether oxygens (including phenoxy) is 2. The van der Waals surface area contributed by atoms with Crippen LogP contribution in [0.25, 0.3) is 0 Å². The lowest BCUT2D eigenvalue weighted by molar-refractivity contribution is 0.129. The summed E-state index contributed by atoms with van der Waals surface area (Å²) in [7, 11) is 0. The van der Waals surface area contributed by atoms with Gasteiger partial charge in [-0.25, -0.2) is 0 Å². The van der Waals surface area contributed by atoms with Crippen LogP contribution in [-0.4, -0.2) is 18.5 Å². The highest BCUT2D eigenvalue weighted by atomic mass is 35.5. The number of benzene rings is 1. The Balaban J connectivity index is 0.00000144. The zero-order valence-electron chi connectivity index (χ0n) is 9.97. The lowest BCUT2D eigenvalue weighted by Gasteiger charge is -2.30. The number of aliphatic hydroxyl groups is 1. The molecule has 1 aliphatic heterocycles. The van der Waals surface area contributed by atoms with E-state index in [0.29, 0.717) is 5.75 Å². The molecule has 0 amide bonds. The molecule has 1 heterocycles. The van der Waals surface area contributed by atoms with E-state index < -0.39 is 0 Å². The summed E-state index contributed by atoms with van der Waals surface area (Å²) >= 11 is 0. The molecule has 0 spiro atoms. The zero-order valence-corrected chi connectivity index (χ0v) is 10.8. The van der Waals surface area contributed by atoms with Crippen molar-refractivity contribution < 1.29 is 14.6 Å². The van der Waals surface area contributed by atoms with Gasteiger partial charge in [0.25, 0.3) is 0 Å². The average molecular weight is 260 g/mol. The lowest BCUT2D eigenvalue weighted by atomic mass is 9.81. The van der Waals surface area contributed by atoms with E-state index in [0.717, 1.165) is 11.3 Å². The Hall–Kier alpha value is -0.970. The van der Waals surface area contributed by atoms with Crippen molar-refractivity contribution in [3.05, 3.63) is 23.8 Å². The van der Waals surface area contributed by atoms with Gasteiger partial charge in [0.05, 0.1) is 0 Å². The molecule has 2 rings (SSSR count). The number of hydrogen-bond acceptors (Lipinski definition) is 4. The quantitative estimate of drug-likeness (QED) is 0.870. The van der Waals surface area contributed by atoms with Gasteiger partial charge in [-0.15, -0.1) is 12.4 Å². The van der Waals surface area contributed by atoms with Crippen LogP contribution in [-0.2, 0) is 0 Å². The Kier molecular flexibility index (Phi) is 4.25. The second kappa shape index (κ2) is 5.12. The van der Waals surface area contributed by atoms with Crippen molar-refractivity contribution in [2.75, 3.05) is 13.4 Å². The first-order chi connectivity index (χ1) is 7.56. The lowest BCUT2D eigenvalue weighted by Crippen LogP contribution is -2.32. The molecule has 0 saturated carbocycles. The fraction of sp³-hybridized carbons (Fsp3) is 0.500. The minimum Gasteiger partial charge on any atom is -0.454 e. The fourth-order valence-corrected chi connectivity index (χ4v) is 1.72. The molecule has 0 aliphatic carbocycles. The van der Waals surface area contributed by atoms with Crippen molar-refractivity contribution in [3.8, 4) is 11.5 Å². The SMILES string of the molecule is CC(C)(CO)[C@@H](N)c1cccc2c1OCO2.Cl. The van der Waals surface area contributed by atoms with Crippen molar-refractivity contribution in [3.63, 3.8) is 0 Å². The predicted molar refractivity (Wildman–Crippen MR) is 67.6 cm³/mol. The van der Waals surface area contributed by atoms with Gasteiger partial charge in [-0.05, 0) is 6.07 Å². The second-order valence-electron chi connectivity index (χ2n) is 4.71. The van der Waals surface area contributed by atoms with E-state index in [1.165, 1.54) is 0 Å². The van der Waals surface area contributed by atoms with Gasteiger partial charge in [0.2, 0.25) is 6.79 Å². The van der Waals surface area contributed by atoms with Crippen LogP contribution in [0.1, 0.15) is 25.5 Å². The molecule has 1 atom stereocenters. The fourth-order valence-electron chi connectivity index (χ4n) is 1.72. The summed E-state index contributed by atoms with van der Waals surface area (Å²) in [6, 6.07) is 5.37. The van der Waals surface area contributed by atoms with E-state index >= 15 is 0 Å². The van der Waals surface area contributed by atoms with Crippen LogP contribution >= 0.6 is 12.4 Å². The van der Waals surface area contributed by atoms with Crippen LogP contribution in [0.2, 0.25) is 0 Å². The summed E-state index contributed by atoms with van der Waals surface area (Å²) in [5.74, 6) is 1.43. The van der Waals surface area contributed by atoms with Gasteiger partial charge in [0.1, 0.15) is 0 Å². The molecule has 17 heavy (non-hydrogen) atoms. The highest BCUT2D eigenvalue weighted by Gasteiger charge is 2.31. The van der Waals surface area contributed by atoms with Crippen LogP contribution in [0.5, 0.6) is 11.5 Å². The molecule has 0 unspecified atom stereocenters. The molecule has 1 aromatic carbocycles. The van der Waals surface area contributed by atoms with Gasteiger partial charge in [-0.1, -0.05) is 26.0 Å². The molecular formula is C12H18ClNO3. The summed E-state index contributed by atoms with van der Waals surface area (Å²) in [6.45, 7) is 4.11. The van der Waals surface area contributed by atoms with Crippen molar-refractivity contribution >= 4 is 12.4 Å². The van der Waals surface area contributed by atoms with E-state index in [1.54, 1.807) is 0 Å². The molecular weight excluding hydrogens is 242 g/mol. The summed E-state index contributed by atoms with van der Waals surface area (Å²) in [4.78, 5) is 0. The Bertz CT molecular complexity index is 395. The van der Waals surface area contributed by atoms with Crippen LogP contribution in [0.3, 0.4) is 0 Å². The second-order valence-corrected chi connectivity index (χ2v) is 4.71. The van der Waals surface area contributed by atoms with Crippen molar-refractivity contribution in [1.29, 1.82) is 0 Å². The van der Waals surface area contributed by atoms with Gasteiger partial charge >= 0.3 is 0 Å². The third-order valence-corrected chi connectivity index (χ3v) is 3.01. The number of fused-ring (bicyclic) bond motifs is 1. The third kappa shape index (κ3) is 2.49. The first kappa shape index (κ1) is 14.1. The minimum atomic E-state index is -0.388. The topological polar surface area (TPSA) is 64.7 Å². The normalized spacial score (nSPS) is 15.3. The van der Waals surface area contributed by atoms with Crippen molar-refractivity contribution in [2.24, 2.45) is 11.1 Å². The molecule has 0 saturated heterocycles. The summed E-state index contributed by atoms with van der Waals surface area (Å²) in [5.41, 5.74) is 6.66. The van der Waals surface area contributed by atoms with E-state index in [-0.39, 0.29) is 37.3 Å². The van der Waals surface area contributed by atoms with Crippen LogP contribution in [0.4, 0.5) is 0 Å². The molecule has 4 nitrogen and oxygen atoms in total. The summed E-state index contributed by atoms with van der Waals surface area (Å²) in [5, 5.41) is 9.32. The molecule has 3 N–H and O–H groups in total. The van der Waals surface area contributed by atoms with Gasteiger partial charge in [0.15, 0.2) is 11.5 Å². The number of halogens is 1. The van der Waals surface area contributed by atoms with Crippen LogP contribution in [0.15, 0.2) is 18.2 Å². The third-order valence-electron chi connectivity index (χ3n) is 3.01. The highest BCUT2D eigenvalue weighted by Crippen LogP contribution is 2.42. The number of rotatable bonds is 3. The molecule has 0 bridgehead atoms. The Morgan fingerprint density at radius 1 is 1.41 bits per heavy atom. The van der Waals surface area contributed by atoms with E-state index in [1.807, 2.05) is 32.0 Å². The standard InChI is InChI=1S/C12H17NO3.ClH/c1-12(2,6-14)11(13)8-4-3-5-9-10(8)16-7-15-9;/h3-5,11,14H,6-7,13H2,1-2H3;1H/t11-;/m0./s1. The molecule has 5 heteroatoms. The number of nitrogens with two attached hydrogens (primary N) is 1. The number of aliphatic hydroxyl groups excluding tert-OH is 1. The highest BCUT2D eigenvalue weighted by molar-refractivity contribution is 5.85. The van der Waals surface area contributed by atoms with Crippen molar-refractivity contribution in [1.82, 2.24) is 0 Å². The Labute approximate surface area is 107 Å². The Morgan fingerprint density at radius 2 is 2.12 bits per heavy atom.